The minimum absolute atomic E-state index is 0.191. The largest absolute Gasteiger partial charge is 0.385 e. The third-order valence-corrected chi connectivity index (χ3v) is 5.88. The van der Waals surface area contributed by atoms with Crippen molar-refractivity contribution < 1.29 is 4.79 Å². The lowest BCUT2D eigenvalue weighted by Crippen LogP contribution is -2.23. The summed E-state index contributed by atoms with van der Waals surface area (Å²) in [6, 6.07) is 24.8. The van der Waals surface area contributed by atoms with E-state index in [0.29, 0.717) is 17.5 Å². The molecule has 0 saturated heterocycles. The van der Waals surface area contributed by atoms with E-state index in [1.54, 1.807) is 24.4 Å². The first kappa shape index (κ1) is 24.3. The molecule has 0 spiro atoms. The predicted molar refractivity (Wildman–Crippen MR) is 143 cm³/mol. The topological polar surface area (TPSA) is 120 Å². The summed E-state index contributed by atoms with van der Waals surface area (Å²) >= 11 is 0. The maximum absolute atomic E-state index is 11.4. The zero-order valence-corrected chi connectivity index (χ0v) is 20.1. The number of nitrogens with zero attached hydrogens (tertiary/aromatic N) is 2. The molecule has 5 N–H and O–H groups in total. The van der Waals surface area contributed by atoms with Gasteiger partial charge in [0.1, 0.15) is 5.82 Å². The van der Waals surface area contributed by atoms with E-state index < -0.39 is 5.91 Å². The predicted octanol–water partition coefficient (Wildman–Crippen LogP) is 5.02. The van der Waals surface area contributed by atoms with Gasteiger partial charge in [0, 0.05) is 29.1 Å². The van der Waals surface area contributed by atoms with Gasteiger partial charge in [0.2, 0.25) is 5.91 Å². The number of anilines is 1. The molecule has 0 saturated carbocycles. The van der Waals surface area contributed by atoms with Gasteiger partial charge < -0.3 is 21.4 Å². The smallest absolute Gasteiger partial charge is 0.248 e. The molecule has 1 unspecified atom stereocenters. The average molecular weight is 477 g/mol. The van der Waals surface area contributed by atoms with E-state index in [4.69, 9.17) is 5.73 Å². The molecule has 180 valence electrons. The number of carbonyl (C=O) groups excluding carboxylic acids is 1. The molecule has 0 aliphatic heterocycles. The highest BCUT2D eigenvalue weighted by molar-refractivity contribution is 5.93. The fourth-order valence-corrected chi connectivity index (χ4v) is 4.04. The van der Waals surface area contributed by atoms with Crippen molar-refractivity contribution in [1.82, 2.24) is 15.3 Å². The molecular formula is C29H28N6O. The number of imidazole rings is 1. The molecule has 0 aliphatic rings. The Labute approximate surface area is 210 Å². The number of H-pyrrole nitrogens is 1. The monoisotopic (exact) mass is 476 g/mol. The zero-order valence-electron chi connectivity index (χ0n) is 20.1. The first-order valence-corrected chi connectivity index (χ1v) is 11.7. The van der Waals surface area contributed by atoms with Crippen molar-refractivity contribution in [2.45, 2.75) is 19.4 Å². The lowest BCUT2D eigenvalue weighted by molar-refractivity contribution is 0.100. The number of amides is 1. The van der Waals surface area contributed by atoms with Crippen LogP contribution in [0.1, 0.15) is 45.8 Å². The molecule has 1 atom stereocenters. The number of nitrogens with one attached hydrogen (secondary N) is 3. The summed E-state index contributed by atoms with van der Waals surface area (Å²) in [5, 5.41) is 16.2. The van der Waals surface area contributed by atoms with Gasteiger partial charge in [-0.1, -0.05) is 49.0 Å². The summed E-state index contributed by atoms with van der Waals surface area (Å²) in [6.45, 7) is 7.03. The molecule has 3 aromatic carbocycles. The molecule has 1 amide bonds. The molecule has 0 fully saturated rings. The van der Waals surface area contributed by atoms with Crippen LogP contribution < -0.4 is 16.4 Å². The van der Waals surface area contributed by atoms with Crippen molar-refractivity contribution in [3.8, 4) is 17.3 Å². The highest BCUT2D eigenvalue weighted by atomic mass is 16.1. The van der Waals surface area contributed by atoms with Crippen molar-refractivity contribution >= 4 is 17.3 Å². The van der Waals surface area contributed by atoms with Gasteiger partial charge in [0.15, 0.2) is 0 Å². The fraction of sp³-hybridized carbons (Fsp3) is 0.138. The van der Waals surface area contributed by atoms with E-state index >= 15 is 0 Å². The van der Waals surface area contributed by atoms with Crippen LogP contribution >= 0.6 is 0 Å². The average Bonchev–Trinajstić information content (AvgIpc) is 3.39. The molecule has 1 heterocycles. The number of hydrogen-bond acceptors (Lipinski definition) is 5. The molecule has 1 aromatic heterocycles. The van der Waals surface area contributed by atoms with Gasteiger partial charge in [0.05, 0.1) is 29.6 Å². The SMILES string of the molecule is C=C(NC(Cc1ccccc1)c1ncc(-c2ccc(C(N)=O)cc2)[nH]1)c1ccc(C#N)cc1NCC. The van der Waals surface area contributed by atoms with Gasteiger partial charge in [0.25, 0.3) is 0 Å². The van der Waals surface area contributed by atoms with Crippen LogP contribution in [-0.2, 0) is 6.42 Å². The third-order valence-electron chi connectivity index (χ3n) is 5.88. The third kappa shape index (κ3) is 5.62. The van der Waals surface area contributed by atoms with Crippen LogP contribution in [0.2, 0.25) is 0 Å². The van der Waals surface area contributed by atoms with Gasteiger partial charge in [-0.2, -0.15) is 5.26 Å². The first-order chi connectivity index (χ1) is 17.5. The van der Waals surface area contributed by atoms with Gasteiger partial charge in [-0.05, 0) is 54.8 Å². The second-order valence-electron chi connectivity index (χ2n) is 8.39. The van der Waals surface area contributed by atoms with Gasteiger partial charge >= 0.3 is 0 Å². The lowest BCUT2D eigenvalue weighted by atomic mass is 10.0. The highest BCUT2D eigenvalue weighted by Gasteiger charge is 2.19. The number of primary amides is 1. The highest BCUT2D eigenvalue weighted by Crippen LogP contribution is 2.27. The van der Waals surface area contributed by atoms with Crippen LogP contribution in [0.15, 0.2) is 85.6 Å². The quantitative estimate of drug-likeness (QED) is 0.256. The summed E-state index contributed by atoms with van der Waals surface area (Å²) in [7, 11) is 0. The zero-order chi connectivity index (χ0) is 25.5. The summed E-state index contributed by atoms with van der Waals surface area (Å²) in [4.78, 5) is 19.5. The number of nitrogens with two attached hydrogens (primary N) is 1. The molecule has 7 nitrogen and oxygen atoms in total. The van der Waals surface area contributed by atoms with Crippen molar-refractivity contribution in [2.24, 2.45) is 5.73 Å². The summed E-state index contributed by atoms with van der Waals surface area (Å²) in [5.74, 6) is 0.296. The summed E-state index contributed by atoms with van der Waals surface area (Å²) in [5.41, 5.74) is 11.8. The fourth-order valence-electron chi connectivity index (χ4n) is 4.04. The molecule has 4 rings (SSSR count). The number of nitriles is 1. The second-order valence-corrected chi connectivity index (χ2v) is 8.39. The van der Waals surface area contributed by atoms with Crippen LogP contribution in [0.25, 0.3) is 17.0 Å². The number of benzene rings is 3. The van der Waals surface area contributed by atoms with E-state index in [2.05, 4.69) is 45.4 Å². The van der Waals surface area contributed by atoms with Crippen molar-refractivity contribution in [3.63, 3.8) is 0 Å². The molecular weight excluding hydrogens is 448 g/mol. The Morgan fingerprint density at radius 2 is 1.89 bits per heavy atom. The van der Waals surface area contributed by atoms with Gasteiger partial charge in [-0.3, -0.25) is 4.79 Å². The van der Waals surface area contributed by atoms with E-state index in [9.17, 15) is 10.1 Å². The Morgan fingerprint density at radius 3 is 2.56 bits per heavy atom. The molecule has 36 heavy (non-hydrogen) atoms. The van der Waals surface area contributed by atoms with Gasteiger partial charge in [-0.15, -0.1) is 0 Å². The second kappa shape index (κ2) is 11.1. The summed E-state index contributed by atoms with van der Waals surface area (Å²) in [6.07, 6.45) is 2.46. The van der Waals surface area contributed by atoms with Crippen molar-refractivity contribution in [1.29, 1.82) is 5.26 Å². The van der Waals surface area contributed by atoms with Gasteiger partial charge in [-0.25, -0.2) is 4.98 Å². The van der Waals surface area contributed by atoms with E-state index in [1.807, 2.05) is 49.4 Å². The number of aromatic nitrogens is 2. The standard InChI is InChI=1S/C29H28N6O/c1-3-32-25-16-21(17-30)9-14-24(25)19(2)34-26(15-20-7-5-4-6-8-20)29-33-18-27(35-29)22-10-12-23(13-11-22)28(31)36/h4-14,16,18,26,32,34H,2-3,15H2,1H3,(H2,31,36)(H,33,35). The first-order valence-electron chi connectivity index (χ1n) is 11.7. The Balaban J connectivity index is 1.64. The van der Waals surface area contributed by atoms with E-state index in [1.165, 1.54) is 0 Å². The molecule has 4 aromatic rings. The number of carbonyl (C=O) groups is 1. The maximum Gasteiger partial charge on any atom is 0.248 e. The Morgan fingerprint density at radius 1 is 1.14 bits per heavy atom. The van der Waals surface area contributed by atoms with Crippen LogP contribution in [0.4, 0.5) is 5.69 Å². The lowest BCUT2D eigenvalue weighted by Gasteiger charge is -2.22. The maximum atomic E-state index is 11.4. The molecule has 0 bridgehead atoms. The Bertz CT molecular complexity index is 1400. The Hall–Kier alpha value is -4.83. The normalized spacial score (nSPS) is 11.3. The van der Waals surface area contributed by atoms with Crippen LogP contribution in [0, 0.1) is 11.3 Å². The van der Waals surface area contributed by atoms with Crippen LogP contribution in [0.3, 0.4) is 0 Å². The minimum Gasteiger partial charge on any atom is -0.385 e. The summed E-state index contributed by atoms with van der Waals surface area (Å²) < 4.78 is 0. The van der Waals surface area contributed by atoms with E-state index in [0.717, 1.165) is 46.1 Å². The van der Waals surface area contributed by atoms with E-state index in [-0.39, 0.29) is 6.04 Å². The number of hydrogen-bond donors (Lipinski definition) is 4. The Kier molecular flexibility index (Phi) is 7.47. The minimum atomic E-state index is -0.461. The van der Waals surface area contributed by atoms with Crippen molar-refractivity contribution in [3.05, 3.63) is 114 Å². The number of aromatic amines is 1. The number of rotatable bonds is 10. The molecule has 0 aliphatic carbocycles. The molecule has 7 heteroatoms. The van der Waals surface area contributed by atoms with Crippen molar-refractivity contribution in [2.75, 3.05) is 11.9 Å². The van der Waals surface area contributed by atoms with Crippen LogP contribution in [-0.4, -0.2) is 22.4 Å². The van der Waals surface area contributed by atoms with Crippen LogP contribution in [0.5, 0.6) is 0 Å². The molecule has 0 radical (unpaired) electrons.